The first-order valence-electron chi connectivity index (χ1n) is 4.25. The summed E-state index contributed by atoms with van der Waals surface area (Å²) >= 11 is 1.73. The van der Waals surface area contributed by atoms with Gasteiger partial charge in [0.1, 0.15) is 6.29 Å². The zero-order chi connectivity index (χ0) is 9.10. The van der Waals surface area contributed by atoms with Gasteiger partial charge in [-0.3, -0.25) is 4.79 Å². The summed E-state index contributed by atoms with van der Waals surface area (Å²) < 4.78 is 0. The predicted molar refractivity (Wildman–Crippen MR) is 55.5 cm³/mol. The number of rotatable bonds is 2. The van der Waals surface area contributed by atoms with Crippen LogP contribution in [0.3, 0.4) is 0 Å². The molecule has 1 unspecified atom stereocenters. The third-order valence-electron chi connectivity index (χ3n) is 2.13. The number of benzene rings is 1. The molecule has 1 nitrogen and oxygen atoms in total. The lowest BCUT2D eigenvalue weighted by molar-refractivity contribution is -0.105. The molecule has 1 aliphatic heterocycles. The van der Waals surface area contributed by atoms with Crippen molar-refractivity contribution in [3.8, 4) is 0 Å². The molecule has 0 radical (unpaired) electrons. The summed E-state index contributed by atoms with van der Waals surface area (Å²) in [5.41, 5.74) is 2.22. The highest BCUT2D eigenvalue weighted by Crippen LogP contribution is 2.41. The first-order valence-corrected chi connectivity index (χ1v) is 5.19. The van der Waals surface area contributed by atoms with Crippen molar-refractivity contribution in [2.24, 2.45) is 0 Å². The van der Waals surface area contributed by atoms with Crippen LogP contribution >= 0.6 is 11.8 Å². The quantitative estimate of drug-likeness (QED) is 0.667. The molecule has 0 fully saturated rings. The van der Waals surface area contributed by atoms with Gasteiger partial charge in [-0.05, 0) is 23.0 Å². The largest absolute Gasteiger partial charge is 0.298 e. The van der Waals surface area contributed by atoms with Crippen LogP contribution in [0, 0.1) is 0 Å². The first-order chi connectivity index (χ1) is 6.40. The molecular weight excluding hydrogens is 180 g/mol. The van der Waals surface area contributed by atoms with Gasteiger partial charge in [0.25, 0.3) is 0 Å². The van der Waals surface area contributed by atoms with Crippen molar-refractivity contribution in [2.45, 2.75) is 11.7 Å². The van der Waals surface area contributed by atoms with Gasteiger partial charge in [-0.25, -0.2) is 0 Å². The van der Waals surface area contributed by atoms with Gasteiger partial charge >= 0.3 is 0 Å². The summed E-state index contributed by atoms with van der Waals surface area (Å²) in [5, 5.41) is 2.41. The lowest BCUT2D eigenvalue weighted by Crippen LogP contribution is -1.90. The molecule has 1 aromatic rings. The van der Waals surface area contributed by atoms with E-state index < -0.39 is 0 Å². The zero-order valence-electron chi connectivity index (χ0n) is 7.14. The van der Waals surface area contributed by atoms with Gasteiger partial charge in [-0.15, -0.1) is 11.8 Å². The molecule has 0 aromatic heterocycles. The highest BCUT2D eigenvalue weighted by molar-refractivity contribution is 8.02. The van der Waals surface area contributed by atoms with E-state index in [9.17, 15) is 4.79 Å². The normalized spacial score (nSPS) is 21.2. The number of thioether (sulfide) groups is 1. The first kappa shape index (κ1) is 8.57. The van der Waals surface area contributed by atoms with Gasteiger partial charge < -0.3 is 0 Å². The lowest BCUT2D eigenvalue weighted by Gasteiger charge is -2.07. The maximum Gasteiger partial charge on any atom is 0.146 e. The summed E-state index contributed by atoms with van der Waals surface area (Å²) in [6.45, 7) is 0. The molecule has 2 heteroatoms. The Bertz CT molecular complexity index is 329. The third kappa shape index (κ3) is 1.83. The molecule has 2 rings (SSSR count). The van der Waals surface area contributed by atoms with Crippen LogP contribution in [0.25, 0.3) is 0 Å². The molecule has 1 aromatic carbocycles. The maximum atomic E-state index is 10.5. The Balaban J connectivity index is 2.11. The minimum atomic E-state index is 0.446. The molecular formula is C11H10OS. The standard InChI is InChI=1S/C11H10OS/c12-7-9-6-11(13-8-9)10-4-2-1-3-5-10/h1-5,7-8,11H,6H2. The van der Waals surface area contributed by atoms with Crippen molar-refractivity contribution in [2.75, 3.05) is 0 Å². The molecule has 13 heavy (non-hydrogen) atoms. The third-order valence-corrected chi connectivity index (χ3v) is 3.33. The van der Waals surface area contributed by atoms with E-state index in [-0.39, 0.29) is 0 Å². The van der Waals surface area contributed by atoms with Crippen LogP contribution in [0.2, 0.25) is 0 Å². The van der Waals surface area contributed by atoms with Crippen LogP contribution in [0.15, 0.2) is 41.3 Å². The Hall–Kier alpha value is -1.02. The molecule has 0 N–H and O–H groups in total. The highest BCUT2D eigenvalue weighted by atomic mass is 32.2. The van der Waals surface area contributed by atoms with Crippen LogP contribution < -0.4 is 0 Å². The van der Waals surface area contributed by atoms with Crippen molar-refractivity contribution in [1.82, 2.24) is 0 Å². The Kier molecular flexibility index (Phi) is 2.50. The molecule has 66 valence electrons. The van der Waals surface area contributed by atoms with E-state index >= 15 is 0 Å². The molecule has 0 spiro atoms. The van der Waals surface area contributed by atoms with Gasteiger partial charge in [-0.1, -0.05) is 30.3 Å². The monoisotopic (exact) mass is 190 g/mol. The second-order valence-corrected chi connectivity index (χ2v) is 4.13. The van der Waals surface area contributed by atoms with Crippen molar-refractivity contribution in [1.29, 1.82) is 0 Å². The van der Waals surface area contributed by atoms with Crippen LogP contribution in [-0.4, -0.2) is 6.29 Å². The maximum absolute atomic E-state index is 10.5. The van der Waals surface area contributed by atoms with Gasteiger partial charge in [0, 0.05) is 5.25 Å². The van der Waals surface area contributed by atoms with E-state index in [4.69, 9.17) is 0 Å². The average molecular weight is 190 g/mol. The summed E-state index contributed by atoms with van der Waals surface area (Å²) in [7, 11) is 0. The molecule has 0 saturated heterocycles. The summed E-state index contributed by atoms with van der Waals surface area (Å²) in [5.74, 6) is 0. The van der Waals surface area contributed by atoms with Crippen molar-refractivity contribution < 1.29 is 4.79 Å². The molecule has 1 aliphatic rings. The fraction of sp³-hybridized carbons (Fsp3) is 0.182. The second kappa shape index (κ2) is 3.79. The predicted octanol–water partition coefficient (Wildman–Crippen LogP) is 2.95. The Morgan fingerprint density at radius 1 is 1.31 bits per heavy atom. The van der Waals surface area contributed by atoms with E-state index in [0.717, 1.165) is 18.3 Å². The number of aldehydes is 1. The molecule has 1 atom stereocenters. The summed E-state index contributed by atoms with van der Waals surface area (Å²) in [6, 6.07) is 10.3. The minimum absolute atomic E-state index is 0.446. The lowest BCUT2D eigenvalue weighted by atomic mass is 10.1. The molecule has 0 saturated carbocycles. The van der Waals surface area contributed by atoms with E-state index in [1.165, 1.54) is 5.56 Å². The van der Waals surface area contributed by atoms with Crippen LogP contribution in [0.4, 0.5) is 0 Å². The SMILES string of the molecule is O=CC1=CSC(c2ccccc2)C1. The number of allylic oxidation sites excluding steroid dienone is 1. The van der Waals surface area contributed by atoms with Gasteiger partial charge in [0.15, 0.2) is 0 Å². The van der Waals surface area contributed by atoms with Gasteiger partial charge in [0.2, 0.25) is 0 Å². The van der Waals surface area contributed by atoms with Crippen molar-refractivity contribution >= 4 is 18.0 Å². The number of hydrogen-bond acceptors (Lipinski definition) is 2. The van der Waals surface area contributed by atoms with Gasteiger partial charge in [0.05, 0.1) is 0 Å². The van der Waals surface area contributed by atoms with Gasteiger partial charge in [-0.2, -0.15) is 0 Å². The van der Waals surface area contributed by atoms with Crippen LogP contribution in [0.1, 0.15) is 17.2 Å². The van der Waals surface area contributed by atoms with E-state index in [1.807, 2.05) is 23.6 Å². The van der Waals surface area contributed by atoms with E-state index in [1.54, 1.807) is 11.8 Å². The smallest absolute Gasteiger partial charge is 0.146 e. The van der Waals surface area contributed by atoms with Crippen LogP contribution in [0.5, 0.6) is 0 Å². The Morgan fingerprint density at radius 3 is 2.69 bits per heavy atom. The molecule has 1 heterocycles. The fourth-order valence-corrected chi connectivity index (χ4v) is 2.51. The minimum Gasteiger partial charge on any atom is -0.298 e. The summed E-state index contributed by atoms with van der Waals surface area (Å²) in [6.07, 6.45) is 1.83. The van der Waals surface area contributed by atoms with Crippen LogP contribution in [-0.2, 0) is 4.79 Å². The Morgan fingerprint density at radius 2 is 2.08 bits per heavy atom. The number of carbonyl (C=O) groups excluding carboxylic acids is 1. The second-order valence-electron chi connectivity index (χ2n) is 3.05. The van der Waals surface area contributed by atoms with E-state index in [2.05, 4.69) is 12.1 Å². The number of carbonyl (C=O) groups is 1. The van der Waals surface area contributed by atoms with Crippen molar-refractivity contribution in [3.63, 3.8) is 0 Å². The molecule has 0 amide bonds. The molecule has 0 bridgehead atoms. The highest BCUT2D eigenvalue weighted by Gasteiger charge is 2.18. The van der Waals surface area contributed by atoms with Crippen molar-refractivity contribution in [3.05, 3.63) is 46.9 Å². The molecule has 0 aliphatic carbocycles. The number of hydrogen-bond donors (Lipinski definition) is 0. The Labute approximate surface area is 81.8 Å². The topological polar surface area (TPSA) is 17.1 Å². The zero-order valence-corrected chi connectivity index (χ0v) is 7.96. The van der Waals surface area contributed by atoms with E-state index in [0.29, 0.717) is 5.25 Å². The summed E-state index contributed by atoms with van der Waals surface area (Å²) in [4.78, 5) is 10.5. The average Bonchev–Trinajstić information content (AvgIpc) is 2.67. The fourth-order valence-electron chi connectivity index (χ4n) is 1.42.